The SMILES string of the molecule is CCOC(=O)N1CCC(NC(=O)Cc2ccc3c(c2)CCO3)CC1. The summed E-state index contributed by atoms with van der Waals surface area (Å²) < 4.78 is 10.5. The van der Waals surface area contributed by atoms with Crippen molar-refractivity contribution in [1.82, 2.24) is 10.2 Å². The molecule has 0 aromatic heterocycles. The van der Waals surface area contributed by atoms with E-state index in [1.165, 1.54) is 5.56 Å². The maximum absolute atomic E-state index is 12.3. The Labute approximate surface area is 142 Å². The van der Waals surface area contributed by atoms with E-state index in [1.54, 1.807) is 11.8 Å². The van der Waals surface area contributed by atoms with E-state index in [0.29, 0.717) is 26.1 Å². The van der Waals surface area contributed by atoms with E-state index in [2.05, 4.69) is 11.4 Å². The molecule has 130 valence electrons. The number of hydrogen-bond donors (Lipinski definition) is 1. The lowest BCUT2D eigenvalue weighted by molar-refractivity contribution is -0.121. The fraction of sp³-hybridized carbons (Fsp3) is 0.556. The topological polar surface area (TPSA) is 67.9 Å². The Kier molecular flexibility index (Phi) is 5.23. The zero-order valence-corrected chi connectivity index (χ0v) is 14.0. The summed E-state index contributed by atoms with van der Waals surface area (Å²) in [6, 6.07) is 6.09. The largest absolute Gasteiger partial charge is 0.493 e. The fourth-order valence-electron chi connectivity index (χ4n) is 3.24. The molecule has 2 heterocycles. The molecule has 0 spiro atoms. The van der Waals surface area contributed by atoms with Gasteiger partial charge in [0, 0.05) is 25.6 Å². The van der Waals surface area contributed by atoms with Crippen LogP contribution in [0.5, 0.6) is 5.75 Å². The maximum atomic E-state index is 12.3. The van der Waals surface area contributed by atoms with Crippen molar-refractivity contribution in [2.45, 2.75) is 38.6 Å². The number of carbonyl (C=O) groups excluding carboxylic acids is 2. The number of benzene rings is 1. The summed E-state index contributed by atoms with van der Waals surface area (Å²) in [6.07, 6.45) is 2.57. The lowest BCUT2D eigenvalue weighted by Gasteiger charge is -2.31. The van der Waals surface area contributed by atoms with Crippen molar-refractivity contribution < 1.29 is 19.1 Å². The van der Waals surface area contributed by atoms with Crippen LogP contribution in [0.1, 0.15) is 30.9 Å². The number of rotatable bonds is 4. The summed E-state index contributed by atoms with van der Waals surface area (Å²) in [5.74, 6) is 0.967. The Morgan fingerprint density at radius 1 is 1.33 bits per heavy atom. The highest BCUT2D eigenvalue weighted by Crippen LogP contribution is 2.26. The normalized spacial score (nSPS) is 17.1. The van der Waals surface area contributed by atoms with Gasteiger partial charge in [-0.1, -0.05) is 12.1 Å². The average Bonchev–Trinajstić information content (AvgIpc) is 3.03. The van der Waals surface area contributed by atoms with E-state index in [0.717, 1.165) is 37.2 Å². The van der Waals surface area contributed by atoms with Crippen LogP contribution in [0.25, 0.3) is 0 Å². The first-order valence-electron chi connectivity index (χ1n) is 8.61. The van der Waals surface area contributed by atoms with Crippen LogP contribution in [0.3, 0.4) is 0 Å². The molecule has 0 aliphatic carbocycles. The Hall–Kier alpha value is -2.24. The van der Waals surface area contributed by atoms with Crippen LogP contribution >= 0.6 is 0 Å². The molecule has 0 unspecified atom stereocenters. The van der Waals surface area contributed by atoms with Gasteiger partial charge in [-0.15, -0.1) is 0 Å². The summed E-state index contributed by atoms with van der Waals surface area (Å²) in [5.41, 5.74) is 2.20. The number of likely N-dealkylation sites (tertiary alicyclic amines) is 1. The van der Waals surface area contributed by atoms with E-state index in [1.807, 2.05) is 12.1 Å². The predicted molar refractivity (Wildman–Crippen MR) is 89.1 cm³/mol. The van der Waals surface area contributed by atoms with Gasteiger partial charge in [0.15, 0.2) is 0 Å². The van der Waals surface area contributed by atoms with Crippen molar-refractivity contribution in [3.05, 3.63) is 29.3 Å². The molecule has 3 rings (SSSR count). The molecule has 24 heavy (non-hydrogen) atoms. The molecular weight excluding hydrogens is 308 g/mol. The maximum Gasteiger partial charge on any atom is 0.409 e. The quantitative estimate of drug-likeness (QED) is 0.914. The van der Waals surface area contributed by atoms with Gasteiger partial charge in [0.1, 0.15) is 5.75 Å². The minimum atomic E-state index is -0.261. The Bertz CT molecular complexity index is 609. The number of carbonyl (C=O) groups is 2. The number of nitrogens with one attached hydrogen (secondary N) is 1. The number of ether oxygens (including phenoxy) is 2. The summed E-state index contributed by atoms with van der Waals surface area (Å²) >= 11 is 0. The molecule has 6 heteroatoms. The molecule has 1 fully saturated rings. The van der Waals surface area contributed by atoms with Gasteiger partial charge in [0.2, 0.25) is 5.91 Å². The number of piperidine rings is 1. The molecule has 0 atom stereocenters. The lowest BCUT2D eigenvalue weighted by Crippen LogP contribution is -2.47. The highest BCUT2D eigenvalue weighted by Gasteiger charge is 2.24. The Balaban J connectivity index is 1.45. The van der Waals surface area contributed by atoms with Crippen molar-refractivity contribution in [2.75, 3.05) is 26.3 Å². The number of amides is 2. The average molecular weight is 332 g/mol. The van der Waals surface area contributed by atoms with Gasteiger partial charge in [-0.3, -0.25) is 4.79 Å². The number of fused-ring (bicyclic) bond motifs is 1. The second-order valence-corrected chi connectivity index (χ2v) is 6.25. The van der Waals surface area contributed by atoms with E-state index in [-0.39, 0.29) is 18.0 Å². The van der Waals surface area contributed by atoms with Crippen LogP contribution in [0.4, 0.5) is 4.79 Å². The molecule has 2 aliphatic rings. The monoisotopic (exact) mass is 332 g/mol. The summed E-state index contributed by atoms with van der Waals surface area (Å²) in [5, 5.41) is 3.08. The van der Waals surface area contributed by atoms with E-state index in [9.17, 15) is 9.59 Å². The van der Waals surface area contributed by atoms with E-state index >= 15 is 0 Å². The molecule has 6 nitrogen and oxygen atoms in total. The van der Waals surface area contributed by atoms with Crippen LogP contribution in [-0.2, 0) is 22.4 Å². The second kappa shape index (κ2) is 7.55. The molecule has 2 aliphatic heterocycles. The molecule has 2 amide bonds. The van der Waals surface area contributed by atoms with Gasteiger partial charge in [-0.25, -0.2) is 4.79 Å². The molecule has 1 N–H and O–H groups in total. The van der Waals surface area contributed by atoms with Crippen LogP contribution in [0, 0.1) is 0 Å². The Morgan fingerprint density at radius 2 is 2.12 bits per heavy atom. The third kappa shape index (κ3) is 3.99. The molecule has 1 aromatic carbocycles. The van der Waals surface area contributed by atoms with Crippen molar-refractivity contribution >= 4 is 12.0 Å². The second-order valence-electron chi connectivity index (χ2n) is 6.25. The van der Waals surface area contributed by atoms with Crippen LogP contribution < -0.4 is 10.1 Å². The third-order valence-corrected chi connectivity index (χ3v) is 4.50. The van der Waals surface area contributed by atoms with E-state index in [4.69, 9.17) is 9.47 Å². The van der Waals surface area contributed by atoms with Crippen molar-refractivity contribution in [3.63, 3.8) is 0 Å². The first-order chi connectivity index (χ1) is 11.7. The minimum absolute atomic E-state index is 0.0310. The van der Waals surface area contributed by atoms with Crippen LogP contribution in [0.15, 0.2) is 18.2 Å². The molecule has 0 bridgehead atoms. The number of nitrogens with zero attached hydrogens (tertiary/aromatic N) is 1. The van der Waals surface area contributed by atoms with Gasteiger partial charge >= 0.3 is 6.09 Å². The third-order valence-electron chi connectivity index (χ3n) is 4.50. The number of hydrogen-bond acceptors (Lipinski definition) is 4. The molecular formula is C18H24N2O4. The first-order valence-corrected chi connectivity index (χ1v) is 8.61. The molecule has 1 aromatic rings. The van der Waals surface area contributed by atoms with Gasteiger partial charge < -0.3 is 19.7 Å². The minimum Gasteiger partial charge on any atom is -0.493 e. The van der Waals surface area contributed by atoms with Crippen LogP contribution in [0.2, 0.25) is 0 Å². The predicted octanol–water partition coefficient (Wildman–Crippen LogP) is 1.90. The highest BCUT2D eigenvalue weighted by atomic mass is 16.6. The standard InChI is InChI=1S/C18H24N2O4/c1-2-23-18(22)20-8-5-15(6-9-20)19-17(21)12-13-3-4-16-14(11-13)7-10-24-16/h3-4,11,15H,2,5-10,12H2,1H3,(H,19,21). The molecule has 0 saturated carbocycles. The zero-order valence-electron chi connectivity index (χ0n) is 14.0. The molecule has 0 radical (unpaired) electrons. The smallest absolute Gasteiger partial charge is 0.409 e. The van der Waals surface area contributed by atoms with Crippen molar-refractivity contribution in [2.24, 2.45) is 0 Å². The lowest BCUT2D eigenvalue weighted by atomic mass is 10.0. The van der Waals surface area contributed by atoms with Gasteiger partial charge in [0.25, 0.3) is 0 Å². The summed E-state index contributed by atoms with van der Waals surface area (Å²) in [4.78, 5) is 25.6. The van der Waals surface area contributed by atoms with Gasteiger partial charge in [-0.05, 0) is 37.0 Å². The van der Waals surface area contributed by atoms with Gasteiger partial charge in [-0.2, -0.15) is 0 Å². The highest BCUT2D eigenvalue weighted by molar-refractivity contribution is 5.79. The van der Waals surface area contributed by atoms with Crippen molar-refractivity contribution in [3.8, 4) is 5.75 Å². The van der Waals surface area contributed by atoms with Crippen LogP contribution in [-0.4, -0.2) is 49.2 Å². The summed E-state index contributed by atoms with van der Waals surface area (Å²) in [6.45, 7) is 4.17. The fourth-order valence-corrected chi connectivity index (χ4v) is 3.24. The first kappa shape index (κ1) is 16.6. The molecule has 1 saturated heterocycles. The van der Waals surface area contributed by atoms with Crippen molar-refractivity contribution in [1.29, 1.82) is 0 Å². The zero-order chi connectivity index (χ0) is 16.9. The van der Waals surface area contributed by atoms with Gasteiger partial charge in [0.05, 0.1) is 19.6 Å². The Morgan fingerprint density at radius 3 is 2.88 bits per heavy atom. The summed E-state index contributed by atoms with van der Waals surface area (Å²) in [7, 11) is 0. The van der Waals surface area contributed by atoms with E-state index < -0.39 is 0 Å².